The smallest absolute Gasteiger partial charge is 0.245 e. The molecule has 1 fully saturated rings. The lowest BCUT2D eigenvalue weighted by Crippen LogP contribution is -2.47. The molecule has 7 nitrogen and oxygen atoms in total. The Labute approximate surface area is 123 Å². The molecule has 114 valence electrons. The summed E-state index contributed by atoms with van der Waals surface area (Å²) < 4.78 is 31.9. The molecule has 0 N–H and O–H groups in total. The van der Waals surface area contributed by atoms with Crippen LogP contribution >= 0.6 is 0 Å². The van der Waals surface area contributed by atoms with E-state index in [1.807, 2.05) is 14.1 Å². The largest absolute Gasteiger partial charge is 0.305 e. The summed E-state index contributed by atoms with van der Waals surface area (Å²) in [6.07, 6.45) is 1.86. The Hall–Kier alpha value is -1.51. The van der Waals surface area contributed by atoms with Gasteiger partial charge in [-0.1, -0.05) is 6.07 Å². The highest BCUT2D eigenvalue weighted by Crippen LogP contribution is 2.26. The normalized spacial score (nSPS) is 21.2. The first kappa shape index (κ1) is 14.4. The van der Waals surface area contributed by atoms with Gasteiger partial charge in [0.05, 0.1) is 0 Å². The highest BCUT2D eigenvalue weighted by Gasteiger charge is 2.32. The number of rotatable bonds is 3. The van der Waals surface area contributed by atoms with Crippen LogP contribution in [0.15, 0.2) is 27.7 Å². The maximum absolute atomic E-state index is 12.9. The number of fused-ring (bicyclic) bond motifs is 1. The Kier molecular flexibility index (Phi) is 3.68. The van der Waals surface area contributed by atoms with E-state index in [-0.39, 0.29) is 10.9 Å². The number of benzene rings is 1. The van der Waals surface area contributed by atoms with Gasteiger partial charge in [0, 0.05) is 19.1 Å². The third kappa shape index (κ3) is 2.54. The average Bonchev–Trinajstić information content (AvgIpc) is 2.95. The van der Waals surface area contributed by atoms with Gasteiger partial charge < -0.3 is 4.90 Å². The van der Waals surface area contributed by atoms with Crippen molar-refractivity contribution >= 4 is 21.1 Å². The molecule has 1 atom stereocenters. The van der Waals surface area contributed by atoms with E-state index in [1.54, 1.807) is 18.2 Å². The first-order valence-corrected chi connectivity index (χ1v) is 8.32. The average molecular weight is 310 g/mol. The molecule has 0 bridgehead atoms. The van der Waals surface area contributed by atoms with Gasteiger partial charge in [-0.05, 0) is 49.4 Å². The lowest BCUT2D eigenvalue weighted by Gasteiger charge is -2.35. The lowest BCUT2D eigenvalue weighted by atomic mass is 10.1. The van der Waals surface area contributed by atoms with E-state index < -0.39 is 10.0 Å². The highest BCUT2D eigenvalue weighted by molar-refractivity contribution is 7.89. The van der Waals surface area contributed by atoms with Crippen LogP contribution in [0.1, 0.15) is 12.8 Å². The van der Waals surface area contributed by atoms with Crippen LogP contribution in [0.3, 0.4) is 0 Å². The first-order valence-electron chi connectivity index (χ1n) is 6.88. The molecule has 2 aromatic rings. The van der Waals surface area contributed by atoms with Gasteiger partial charge in [0.15, 0.2) is 5.52 Å². The minimum Gasteiger partial charge on any atom is -0.305 e. The predicted octanol–water partition coefficient (Wildman–Crippen LogP) is 0.937. The van der Waals surface area contributed by atoms with E-state index in [2.05, 4.69) is 19.8 Å². The zero-order chi connectivity index (χ0) is 15.0. The molecule has 1 aromatic heterocycles. The van der Waals surface area contributed by atoms with Gasteiger partial charge in [0.25, 0.3) is 0 Å². The molecule has 1 aliphatic heterocycles. The summed E-state index contributed by atoms with van der Waals surface area (Å²) in [5.41, 5.74) is 0.752. The summed E-state index contributed by atoms with van der Waals surface area (Å²) in [6, 6.07) is 5.14. The topological polar surface area (TPSA) is 79.5 Å². The molecular weight excluding hydrogens is 292 g/mol. The SMILES string of the molecule is CN(C)C1CCCN(S(=O)(=O)c2cccc3nonc23)C1. The molecule has 0 amide bonds. The molecule has 0 aliphatic carbocycles. The molecule has 21 heavy (non-hydrogen) atoms. The zero-order valence-corrected chi connectivity index (χ0v) is 12.9. The van der Waals surface area contributed by atoms with E-state index in [9.17, 15) is 8.42 Å². The van der Waals surface area contributed by atoms with Crippen LogP contribution in [0.5, 0.6) is 0 Å². The molecule has 1 aliphatic rings. The molecule has 0 spiro atoms. The van der Waals surface area contributed by atoms with Crippen molar-refractivity contribution in [1.29, 1.82) is 0 Å². The second kappa shape index (κ2) is 5.36. The number of aromatic nitrogens is 2. The monoisotopic (exact) mass is 310 g/mol. The van der Waals surface area contributed by atoms with Crippen molar-refractivity contribution in [2.75, 3.05) is 27.2 Å². The molecule has 0 saturated carbocycles. The van der Waals surface area contributed by atoms with Crippen molar-refractivity contribution in [2.45, 2.75) is 23.8 Å². The van der Waals surface area contributed by atoms with Crippen LogP contribution in [-0.2, 0) is 10.0 Å². The third-order valence-corrected chi connectivity index (χ3v) is 5.85. The molecular formula is C13H18N4O3S. The summed E-state index contributed by atoms with van der Waals surface area (Å²) in [6.45, 7) is 1.03. The summed E-state index contributed by atoms with van der Waals surface area (Å²) in [4.78, 5) is 2.24. The number of hydrogen-bond acceptors (Lipinski definition) is 6. The van der Waals surface area contributed by atoms with Gasteiger partial charge in [0.1, 0.15) is 10.4 Å². The van der Waals surface area contributed by atoms with Gasteiger partial charge in [-0.15, -0.1) is 0 Å². The molecule has 1 aromatic carbocycles. The van der Waals surface area contributed by atoms with Crippen molar-refractivity contribution < 1.29 is 13.0 Å². The summed E-state index contributed by atoms with van der Waals surface area (Å²) in [7, 11) is 0.370. The quantitative estimate of drug-likeness (QED) is 0.839. The van der Waals surface area contributed by atoms with Gasteiger partial charge in [-0.2, -0.15) is 4.31 Å². The van der Waals surface area contributed by atoms with Crippen LogP contribution in [0.2, 0.25) is 0 Å². The predicted molar refractivity (Wildman–Crippen MR) is 77.3 cm³/mol. The van der Waals surface area contributed by atoms with E-state index in [0.717, 1.165) is 12.8 Å². The second-order valence-corrected chi connectivity index (χ2v) is 7.42. The number of piperidine rings is 1. The summed E-state index contributed by atoms with van der Waals surface area (Å²) in [5.74, 6) is 0. The third-order valence-electron chi connectivity index (χ3n) is 3.96. The number of hydrogen-bond donors (Lipinski definition) is 0. The lowest BCUT2D eigenvalue weighted by molar-refractivity contribution is 0.190. The zero-order valence-electron chi connectivity index (χ0n) is 12.1. The maximum Gasteiger partial charge on any atom is 0.245 e. The van der Waals surface area contributed by atoms with Crippen molar-refractivity contribution in [2.24, 2.45) is 0 Å². The van der Waals surface area contributed by atoms with Crippen molar-refractivity contribution in [1.82, 2.24) is 19.5 Å². The van der Waals surface area contributed by atoms with Crippen LogP contribution in [-0.4, -0.2) is 61.2 Å². The van der Waals surface area contributed by atoms with Crippen LogP contribution in [0.4, 0.5) is 0 Å². The van der Waals surface area contributed by atoms with E-state index in [4.69, 9.17) is 0 Å². The van der Waals surface area contributed by atoms with E-state index in [1.165, 1.54) is 4.31 Å². The minimum atomic E-state index is -3.58. The van der Waals surface area contributed by atoms with E-state index >= 15 is 0 Å². The molecule has 1 saturated heterocycles. The second-order valence-electron chi connectivity index (χ2n) is 5.51. The van der Waals surface area contributed by atoms with Crippen LogP contribution in [0, 0.1) is 0 Å². The molecule has 3 rings (SSSR count). The van der Waals surface area contributed by atoms with Gasteiger partial charge >= 0.3 is 0 Å². The van der Waals surface area contributed by atoms with Crippen LogP contribution < -0.4 is 0 Å². The number of nitrogens with zero attached hydrogens (tertiary/aromatic N) is 4. The Balaban J connectivity index is 1.98. The van der Waals surface area contributed by atoms with Crippen LogP contribution in [0.25, 0.3) is 11.0 Å². The number of likely N-dealkylation sites (N-methyl/N-ethyl adjacent to an activating group) is 1. The summed E-state index contributed by atoms with van der Waals surface area (Å²) >= 11 is 0. The van der Waals surface area contributed by atoms with Crippen molar-refractivity contribution in [3.05, 3.63) is 18.2 Å². The molecule has 0 radical (unpaired) electrons. The Morgan fingerprint density at radius 2 is 2.14 bits per heavy atom. The Bertz CT molecular complexity index is 741. The molecule has 1 unspecified atom stereocenters. The Morgan fingerprint density at radius 1 is 1.33 bits per heavy atom. The fourth-order valence-corrected chi connectivity index (χ4v) is 4.34. The van der Waals surface area contributed by atoms with Crippen molar-refractivity contribution in [3.8, 4) is 0 Å². The fraction of sp³-hybridized carbons (Fsp3) is 0.538. The molecule has 2 heterocycles. The Morgan fingerprint density at radius 3 is 2.90 bits per heavy atom. The maximum atomic E-state index is 12.9. The van der Waals surface area contributed by atoms with E-state index in [0.29, 0.717) is 24.1 Å². The van der Waals surface area contributed by atoms with Gasteiger partial charge in [0.2, 0.25) is 10.0 Å². The summed E-state index contributed by atoms with van der Waals surface area (Å²) in [5, 5.41) is 7.44. The van der Waals surface area contributed by atoms with Gasteiger partial charge in [-0.25, -0.2) is 13.0 Å². The molecule has 8 heteroatoms. The minimum absolute atomic E-state index is 0.167. The van der Waals surface area contributed by atoms with Crippen molar-refractivity contribution in [3.63, 3.8) is 0 Å². The number of sulfonamides is 1. The fourth-order valence-electron chi connectivity index (χ4n) is 2.69. The van der Waals surface area contributed by atoms with Gasteiger partial charge in [-0.3, -0.25) is 0 Å². The highest BCUT2D eigenvalue weighted by atomic mass is 32.2. The first-order chi connectivity index (χ1) is 10.00. The standard InChI is InChI=1S/C13H18N4O3S/c1-16(2)10-5-4-8-17(9-10)21(18,19)12-7-3-6-11-13(12)15-20-14-11/h3,6-7,10H,4-5,8-9H2,1-2H3.